The van der Waals surface area contributed by atoms with Gasteiger partial charge >= 0.3 is 6.18 Å². The summed E-state index contributed by atoms with van der Waals surface area (Å²) in [4.78, 5) is 2.35. The van der Waals surface area contributed by atoms with E-state index in [-0.39, 0.29) is 0 Å². The second kappa shape index (κ2) is 12.4. The Kier molecular flexibility index (Phi) is 8.13. The largest absolute Gasteiger partial charge is 0.494 e. The van der Waals surface area contributed by atoms with Gasteiger partial charge in [-0.15, -0.1) is 0 Å². The van der Waals surface area contributed by atoms with Gasteiger partial charge < -0.3 is 19.7 Å². The van der Waals surface area contributed by atoms with Crippen LogP contribution in [0.1, 0.15) is 67.0 Å². The number of ether oxygens (including phenoxy) is 2. The molecular formula is C43H40F4N2O2. The van der Waals surface area contributed by atoms with Gasteiger partial charge in [-0.1, -0.05) is 69.7 Å². The molecule has 0 saturated carbocycles. The molecule has 0 aromatic heterocycles. The van der Waals surface area contributed by atoms with Crippen LogP contribution in [0.15, 0.2) is 91.0 Å². The number of halogens is 4. The maximum Gasteiger partial charge on any atom is 0.416 e. The predicted molar refractivity (Wildman–Crippen MR) is 195 cm³/mol. The van der Waals surface area contributed by atoms with Gasteiger partial charge in [-0.25, -0.2) is 4.39 Å². The summed E-state index contributed by atoms with van der Waals surface area (Å²) in [6.07, 6.45) is 1.34. The number of alkyl halides is 3. The second-order valence-corrected chi connectivity index (χ2v) is 14.2. The number of nitrogens with one attached hydrogen (secondary N) is 1. The number of benzene rings is 5. The standard InChI is InChI=1S/C43H40F4N2O2/c1-4-5-24-50-32-14-8-28(9-15-32)42(27-6-11-30(44)12-7-27)19-18-34-39-38(33-16-10-29(43(45,46)47)25-35(33)40(34)51-42)36-26-31(49-22-20-48-21-23-49)13-17-37(36)41(39,2)3/h6-19,25-26,48H,4-5,20-24H2,1-3H3. The minimum absolute atomic E-state index is 0.369. The molecule has 1 unspecified atom stereocenters. The molecule has 1 atom stereocenters. The third-order valence-corrected chi connectivity index (χ3v) is 10.7. The lowest BCUT2D eigenvalue weighted by Gasteiger charge is -2.38. The number of rotatable bonds is 7. The molecule has 0 amide bonds. The molecule has 262 valence electrons. The number of hydrogen-bond donors (Lipinski definition) is 1. The van der Waals surface area contributed by atoms with E-state index in [9.17, 15) is 17.6 Å². The van der Waals surface area contributed by atoms with E-state index < -0.39 is 28.6 Å². The van der Waals surface area contributed by atoms with E-state index in [0.29, 0.717) is 34.4 Å². The monoisotopic (exact) mass is 692 g/mol. The van der Waals surface area contributed by atoms with Crippen LogP contribution in [0.4, 0.5) is 23.2 Å². The number of anilines is 1. The third kappa shape index (κ3) is 5.55. The molecule has 0 radical (unpaired) electrons. The number of unbranched alkanes of at least 4 members (excludes halogenated alkanes) is 1. The molecule has 5 aromatic carbocycles. The zero-order valence-electron chi connectivity index (χ0n) is 29.0. The van der Waals surface area contributed by atoms with Gasteiger partial charge in [0.2, 0.25) is 0 Å². The molecule has 2 aliphatic heterocycles. The van der Waals surface area contributed by atoms with Crippen LogP contribution in [0.2, 0.25) is 0 Å². The van der Waals surface area contributed by atoms with Crippen molar-refractivity contribution in [3.63, 3.8) is 0 Å². The van der Waals surface area contributed by atoms with E-state index in [4.69, 9.17) is 9.47 Å². The fourth-order valence-electron chi connectivity index (χ4n) is 8.09. The van der Waals surface area contributed by atoms with Crippen molar-refractivity contribution in [3.8, 4) is 22.6 Å². The summed E-state index contributed by atoms with van der Waals surface area (Å²) in [6, 6.07) is 24.2. The smallest absolute Gasteiger partial charge is 0.416 e. The summed E-state index contributed by atoms with van der Waals surface area (Å²) in [5, 5.41) is 4.49. The van der Waals surface area contributed by atoms with Crippen LogP contribution >= 0.6 is 0 Å². The summed E-state index contributed by atoms with van der Waals surface area (Å²) >= 11 is 0. The molecule has 3 aliphatic rings. The molecule has 1 N–H and O–H groups in total. The Morgan fingerprint density at radius 3 is 2.25 bits per heavy atom. The fraction of sp³-hybridized carbons (Fsp3) is 0.302. The average molecular weight is 693 g/mol. The van der Waals surface area contributed by atoms with Crippen molar-refractivity contribution < 1.29 is 27.0 Å². The van der Waals surface area contributed by atoms with E-state index in [2.05, 4.69) is 49.2 Å². The maximum atomic E-state index is 14.4. The summed E-state index contributed by atoms with van der Waals surface area (Å²) in [5.41, 5.74) is 4.85. The zero-order chi connectivity index (χ0) is 35.5. The first-order valence-corrected chi connectivity index (χ1v) is 17.7. The predicted octanol–water partition coefficient (Wildman–Crippen LogP) is 10.2. The Balaban J connectivity index is 1.36. The van der Waals surface area contributed by atoms with Crippen LogP contribution in [0.25, 0.3) is 28.0 Å². The summed E-state index contributed by atoms with van der Waals surface area (Å²) in [5.74, 6) is 0.680. The Morgan fingerprint density at radius 2 is 1.57 bits per heavy atom. The lowest BCUT2D eigenvalue weighted by atomic mass is 9.76. The molecule has 8 heteroatoms. The quantitative estimate of drug-likeness (QED) is 0.136. The highest BCUT2D eigenvalue weighted by Gasteiger charge is 2.45. The first-order chi connectivity index (χ1) is 24.5. The number of nitrogens with zero attached hydrogens (tertiary/aromatic N) is 1. The van der Waals surface area contributed by atoms with Gasteiger partial charge in [0.05, 0.1) is 12.2 Å². The Hall–Kier alpha value is -4.82. The highest BCUT2D eigenvalue weighted by molar-refractivity contribution is 6.09. The molecule has 4 nitrogen and oxygen atoms in total. The van der Waals surface area contributed by atoms with Crippen molar-refractivity contribution in [2.75, 3.05) is 37.7 Å². The van der Waals surface area contributed by atoms with Crippen molar-refractivity contribution >= 4 is 22.5 Å². The van der Waals surface area contributed by atoms with Gasteiger partial charge in [0.25, 0.3) is 0 Å². The highest BCUT2D eigenvalue weighted by Crippen LogP contribution is 2.59. The molecule has 1 aliphatic carbocycles. The Labute approximate surface area is 295 Å². The van der Waals surface area contributed by atoms with Gasteiger partial charge in [-0.2, -0.15) is 13.2 Å². The van der Waals surface area contributed by atoms with E-state index in [0.717, 1.165) is 78.1 Å². The summed E-state index contributed by atoms with van der Waals surface area (Å²) < 4.78 is 70.6. The molecule has 0 spiro atoms. The minimum atomic E-state index is -4.56. The molecular weight excluding hydrogens is 652 g/mol. The number of hydrogen-bond acceptors (Lipinski definition) is 4. The molecule has 51 heavy (non-hydrogen) atoms. The second-order valence-electron chi connectivity index (χ2n) is 14.2. The first-order valence-electron chi connectivity index (χ1n) is 17.7. The van der Waals surface area contributed by atoms with Gasteiger partial charge in [0, 0.05) is 59.4 Å². The topological polar surface area (TPSA) is 33.7 Å². The Morgan fingerprint density at radius 1 is 0.863 bits per heavy atom. The van der Waals surface area contributed by atoms with Crippen LogP contribution in [0, 0.1) is 5.82 Å². The van der Waals surface area contributed by atoms with E-state index in [1.165, 1.54) is 24.3 Å². The van der Waals surface area contributed by atoms with Crippen molar-refractivity contribution in [2.24, 2.45) is 0 Å². The number of fused-ring (bicyclic) bond motifs is 8. The lowest BCUT2D eigenvalue weighted by Crippen LogP contribution is -2.43. The van der Waals surface area contributed by atoms with Gasteiger partial charge in [-0.05, 0) is 88.7 Å². The average Bonchev–Trinajstić information content (AvgIpc) is 3.38. The zero-order valence-corrected chi connectivity index (χ0v) is 29.0. The normalized spacial score (nSPS) is 19.0. The van der Waals surface area contributed by atoms with Gasteiger partial charge in [0.15, 0.2) is 5.60 Å². The van der Waals surface area contributed by atoms with Gasteiger partial charge in [0.1, 0.15) is 17.3 Å². The van der Waals surface area contributed by atoms with Crippen molar-refractivity contribution in [2.45, 2.75) is 50.8 Å². The molecule has 5 aromatic rings. The molecule has 8 rings (SSSR count). The van der Waals surface area contributed by atoms with E-state index in [1.807, 2.05) is 36.4 Å². The van der Waals surface area contributed by atoms with Crippen LogP contribution < -0.4 is 19.7 Å². The molecule has 2 heterocycles. The fourth-order valence-corrected chi connectivity index (χ4v) is 8.09. The van der Waals surface area contributed by atoms with Crippen molar-refractivity contribution in [1.29, 1.82) is 0 Å². The number of piperazine rings is 1. The van der Waals surface area contributed by atoms with E-state index in [1.54, 1.807) is 18.2 Å². The SMILES string of the molecule is CCCCOc1ccc(C2(c3ccc(F)cc3)C=Cc3c4c(c5ccc(C(F)(F)F)cc5c3O2)-c2cc(N3CCNCC3)ccc2C4(C)C)cc1. The molecule has 1 fully saturated rings. The van der Waals surface area contributed by atoms with Crippen molar-refractivity contribution in [3.05, 3.63) is 130 Å². The lowest BCUT2D eigenvalue weighted by molar-refractivity contribution is -0.137. The molecule has 1 saturated heterocycles. The third-order valence-electron chi connectivity index (χ3n) is 10.7. The summed E-state index contributed by atoms with van der Waals surface area (Å²) in [7, 11) is 0. The van der Waals surface area contributed by atoms with Crippen LogP contribution in [-0.4, -0.2) is 32.8 Å². The maximum absolute atomic E-state index is 14.4. The molecule has 0 bridgehead atoms. The summed E-state index contributed by atoms with van der Waals surface area (Å²) in [6.45, 7) is 10.6. The van der Waals surface area contributed by atoms with Crippen LogP contribution in [0.3, 0.4) is 0 Å². The van der Waals surface area contributed by atoms with E-state index >= 15 is 0 Å². The van der Waals surface area contributed by atoms with Gasteiger partial charge in [-0.3, -0.25) is 0 Å². The van der Waals surface area contributed by atoms with Crippen LogP contribution in [0.5, 0.6) is 11.5 Å². The van der Waals surface area contributed by atoms with Crippen LogP contribution in [-0.2, 0) is 17.2 Å². The Bertz CT molecular complexity index is 2150. The van der Waals surface area contributed by atoms with Crippen molar-refractivity contribution in [1.82, 2.24) is 5.32 Å². The minimum Gasteiger partial charge on any atom is -0.494 e. The first kappa shape index (κ1) is 33.3. The highest BCUT2D eigenvalue weighted by atomic mass is 19.4.